The van der Waals surface area contributed by atoms with Crippen LogP contribution in [0.15, 0.2) is 0 Å². The van der Waals surface area contributed by atoms with E-state index in [1.165, 1.54) is 58.3 Å². The molecule has 268 valence electrons. The van der Waals surface area contributed by atoms with Gasteiger partial charge in [0.05, 0.1) is 13.2 Å². The topological polar surface area (TPSA) is 140 Å². The molecule has 0 radical (unpaired) electrons. The van der Waals surface area contributed by atoms with Crippen LogP contribution >= 0.6 is 11.8 Å². The summed E-state index contributed by atoms with van der Waals surface area (Å²) < 4.78 is 16.1. The molecule has 0 aromatic heterocycles. The van der Waals surface area contributed by atoms with E-state index in [-0.39, 0.29) is 43.5 Å². The molecule has 0 aliphatic rings. The van der Waals surface area contributed by atoms with Crippen molar-refractivity contribution in [2.45, 2.75) is 130 Å². The Morgan fingerprint density at radius 2 is 1.33 bits per heavy atom. The smallest absolute Gasteiger partial charge is 0.306 e. The van der Waals surface area contributed by atoms with Crippen molar-refractivity contribution in [1.82, 2.24) is 15.5 Å². The Morgan fingerprint density at radius 1 is 0.696 bits per heavy atom. The number of nitrogens with one attached hydrogen (secondary N) is 2. The van der Waals surface area contributed by atoms with Crippen LogP contribution in [0.25, 0.3) is 0 Å². The highest BCUT2D eigenvalue weighted by Crippen LogP contribution is 2.12. The average Bonchev–Trinajstić information content (AvgIpc) is 3.04. The molecule has 0 fully saturated rings. The van der Waals surface area contributed by atoms with Gasteiger partial charge in [0.15, 0.2) is 6.10 Å². The summed E-state index contributed by atoms with van der Waals surface area (Å²) in [7, 11) is 0. The number of nitrogens with zero attached hydrogens (tertiary/aromatic N) is 1. The maximum absolute atomic E-state index is 12.3. The number of rotatable bonds is 31. The first-order valence-corrected chi connectivity index (χ1v) is 18.7. The van der Waals surface area contributed by atoms with Crippen LogP contribution in [0, 0.1) is 0 Å². The third-order valence-corrected chi connectivity index (χ3v) is 8.25. The average molecular weight is 674 g/mol. The molecule has 0 spiro atoms. The van der Waals surface area contributed by atoms with Crippen molar-refractivity contribution >= 4 is 41.4 Å². The van der Waals surface area contributed by atoms with Gasteiger partial charge in [-0.15, -0.1) is 0 Å². The molecule has 2 N–H and O–H groups in total. The number of esters is 2. The zero-order chi connectivity index (χ0) is 34.3. The van der Waals surface area contributed by atoms with Gasteiger partial charge >= 0.3 is 11.9 Å². The Kier molecular flexibility index (Phi) is 29.7. The predicted molar refractivity (Wildman–Crippen MR) is 184 cm³/mol. The summed E-state index contributed by atoms with van der Waals surface area (Å²) >= 11 is 1.59. The van der Waals surface area contributed by atoms with Gasteiger partial charge in [-0.25, -0.2) is 0 Å². The van der Waals surface area contributed by atoms with Crippen LogP contribution in [0.3, 0.4) is 0 Å². The van der Waals surface area contributed by atoms with Crippen LogP contribution in [-0.2, 0) is 38.2 Å². The minimum atomic E-state index is -0.696. The first-order valence-electron chi connectivity index (χ1n) is 17.5. The summed E-state index contributed by atoms with van der Waals surface area (Å²) in [4.78, 5) is 61.1. The van der Waals surface area contributed by atoms with Gasteiger partial charge in [0, 0.05) is 70.3 Å². The van der Waals surface area contributed by atoms with Crippen LogP contribution in [0.5, 0.6) is 0 Å². The van der Waals surface area contributed by atoms with Crippen molar-refractivity contribution in [2.75, 3.05) is 57.5 Å². The Hall–Kier alpha value is -2.34. The van der Waals surface area contributed by atoms with E-state index in [0.717, 1.165) is 19.3 Å². The lowest BCUT2D eigenvalue weighted by Gasteiger charge is -2.22. The van der Waals surface area contributed by atoms with E-state index in [1.807, 2.05) is 6.92 Å². The van der Waals surface area contributed by atoms with Crippen molar-refractivity contribution in [2.24, 2.45) is 0 Å². The maximum atomic E-state index is 12.3. The normalized spacial score (nSPS) is 11.5. The van der Waals surface area contributed by atoms with Crippen molar-refractivity contribution in [3.05, 3.63) is 0 Å². The van der Waals surface area contributed by atoms with Crippen LogP contribution in [-0.4, -0.2) is 98.2 Å². The fourth-order valence-electron chi connectivity index (χ4n) is 4.55. The Bertz CT molecular complexity index is 830. The van der Waals surface area contributed by atoms with Gasteiger partial charge in [0.1, 0.15) is 6.61 Å². The zero-order valence-electron chi connectivity index (χ0n) is 29.2. The van der Waals surface area contributed by atoms with Gasteiger partial charge in [-0.1, -0.05) is 85.0 Å². The molecule has 1 unspecified atom stereocenters. The summed E-state index contributed by atoms with van der Waals surface area (Å²) in [5, 5.41) is 5.59. The largest absolute Gasteiger partial charge is 0.462 e. The minimum absolute atomic E-state index is 0.0371. The lowest BCUT2D eigenvalue weighted by atomic mass is 10.1. The number of carbonyl (C=O) groups excluding carboxylic acids is 5. The molecule has 0 rings (SSSR count). The first-order chi connectivity index (χ1) is 22.2. The van der Waals surface area contributed by atoms with Crippen LogP contribution < -0.4 is 10.6 Å². The van der Waals surface area contributed by atoms with Gasteiger partial charge in [-0.2, -0.15) is 11.8 Å². The number of hydrogen-bond acceptors (Lipinski definition) is 9. The second-order valence-corrected chi connectivity index (χ2v) is 12.6. The van der Waals surface area contributed by atoms with Crippen molar-refractivity contribution in [3.63, 3.8) is 0 Å². The number of unbranched alkanes of at least 4 members (excludes halogenated alkanes) is 10. The van der Waals surface area contributed by atoms with Crippen LogP contribution in [0.1, 0.15) is 124 Å². The van der Waals surface area contributed by atoms with E-state index >= 15 is 0 Å². The predicted octanol–water partition coefficient (Wildman–Crippen LogP) is 5.18. The molecule has 12 heteroatoms. The summed E-state index contributed by atoms with van der Waals surface area (Å²) in [6, 6.07) is 0. The summed E-state index contributed by atoms with van der Waals surface area (Å²) in [6.45, 7) is 9.13. The molecule has 0 aromatic rings. The molecule has 0 bridgehead atoms. The third kappa shape index (κ3) is 27.9. The molecular formula is C34H63N3O8S. The molecule has 11 nitrogen and oxygen atoms in total. The lowest BCUT2D eigenvalue weighted by molar-refractivity contribution is -0.161. The Balaban J connectivity index is 4.08. The SMILES string of the molecule is CCCCCCCCCCCCCC(=O)OC(COCCNC(=O)CCSCCN(CCNC(=O)CC)C(=O)CC)COC(C)=O. The molecule has 46 heavy (non-hydrogen) atoms. The summed E-state index contributed by atoms with van der Waals surface area (Å²) in [5.74, 6) is 0.436. The van der Waals surface area contributed by atoms with E-state index in [1.54, 1.807) is 23.6 Å². The molecule has 1 atom stereocenters. The van der Waals surface area contributed by atoms with Crippen LogP contribution in [0.4, 0.5) is 0 Å². The zero-order valence-corrected chi connectivity index (χ0v) is 30.0. The first kappa shape index (κ1) is 43.7. The Labute approximate surface area is 282 Å². The standard InChI is InChI=1S/C34H63N3O8S/c1-5-8-9-10-11-12-13-14-15-16-17-18-34(42)45-30(28-44-29(4)38)27-43-24-21-36-32(40)19-25-46-26-23-37(33(41)7-3)22-20-35-31(39)6-2/h30H,5-28H2,1-4H3,(H,35,39)(H,36,40). The molecule has 3 amide bonds. The van der Waals surface area contributed by atoms with E-state index in [0.29, 0.717) is 63.4 Å². The second kappa shape index (κ2) is 31.3. The van der Waals surface area contributed by atoms with Crippen molar-refractivity contribution < 1.29 is 38.2 Å². The molecule has 0 aliphatic carbocycles. The molecule has 0 heterocycles. The molecule has 0 saturated carbocycles. The van der Waals surface area contributed by atoms with Gasteiger partial charge in [-0.3, -0.25) is 24.0 Å². The van der Waals surface area contributed by atoms with Crippen molar-refractivity contribution in [3.8, 4) is 0 Å². The number of hydrogen-bond donors (Lipinski definition) is 2. The number of carbonyl (C=O) groups is 5. The fourth-order valence-corrected chi connectivity index (χ4v) is 5.44. The molecule has 0 aromatic carbocycles. The fraction of sp³-hybridized carbons (Fsp3) is 0.853. The quantitative estimate of drug-likeness (QED) is 0.0752. The monoisotopic (exact) mass is 673 g/mol. The van der Waals surface area contributed by atoms with Gasteiger partial charge in [-0.05, 0) is 6.42 Å². The number of thioether (sulfide) groups is 1. The van der Waals surface area contributed by atoms with Gasteiger partial charge in [0.2, 0.25) is 17.7 Å². The third-order valence-electron chi connectivity index (χ3n) is 7.29. The second-order valence-electron chi connectivity index (χ2n) is 11.4. The lowest BCUT2D eigenvalue weighted by Crippen LogP contribution is -2.39. The van der Waals surface area contributed by atoms with Gasteiger partial charge in [0.25, 0.3) is 0 Å². The number of amides is 3. The maximum Gasteiger partial charge on any atom is 0.306 e. The molecular weight excluding hydrogens is 610 g/mol. The highest BCUT2D eigenvalue weighted by molar-refractivity contribution is 7.99. The van der Waals surface area contributed by atoms with E-state index in [2.05, 4.69) is 17.6 Å². The minimum Gasteiger partial charge on any atom is -0.462 e. The van der Waals surface area contributed by atoms with E-state index in [9.17, 15) is 24.0 Å². The Morgan fingerprint density at radius 3 is 1.93 bits per heavy atom. The van der Waals surface area contributed by atoms with Gasteiger partial charge < -0.3 is 29.7 Å². The van der Waals surface area contributed by atoms with Crippen LogP contribution in [0.2, 0.25) is 0 Å². The highest BCUT2D eigenvalue weighted by Gasteiger charge is 2.17. The molecule has 0 saturated heterocycles. The highest BCUT2D eigenvalue weighted by atomic mass is 32.2. The molecule has 0 aliphatic heterocycles. The van der Waals surface area contributed by atoms with E-state index < -0.39 is 12.1 Å². The summed E-state index contributed by atoms with van der Waals surface area (Å²) in [6.07, 6.45) is 14.0. The van der Waals surface area contributed by atoms with E-state index in [4.69, 9.17) is 14.2 Å². The number of ether oxygens (including phenoxy) is 3. The summed E-state index contributed by atoms with van der Waals surface area (Å²) in [5.41, 5.74) is 0. The van der Waals surface area contributed by atoms with Crippen molar-refractivity contribution in [1.29, 1.82) is 0 Å².